The minimum atomic E-state index is -4.87. The maximum atomic E-state index is 13.4. The van der Waals surface area contributed by atoms with E-state index in [0.717, 1.165) is 118 Å². The molecule has 1 heterocycles. The van der Waals surface area contributed by atoms with Gasteiger partial charge in [0.25, 0.3) is 0 Å². The topological polar surface area (TPSA) is 0 Å². The Kier molecular flexibility index (Phi) is 21.0. The molecule has 0 spiro atoms. The average molecular weight is 1190 g/mol. The second-order valence-corrected chi connectivity index (χ2v) is 23.4. The Hall–Kier alpha value is -4.62. The van der Waals surface area contributed by atoms with Crippen LogP contribution in [0.15, 0.2) is 127 Å². The van der Waals surface area contributed by atoms with Crippen LogP contribution in [-0.2, 0) is 71.2 Å². The molecule has 8 aromatic carbocycles. The second-order valence-electron chi connectivity index (χ2n) is 18.4. The van der Waals surface area contributed by atoms with Gasteiger partial charge in [-0.25, -0.2) is 0 Å². The van der Waals surface area contributed by atoms with Crippen LogP contribution >= 0.6 is 17.0 Å². The third-order valence-corrected chi connectivity index (χ3v) is 14.2. The van der Waals surface area contributed by atoms with Crippen LogP contribution in [0.5, 0.6) is 0 Å². The van der Waals surface area contributed by atoms with Gasteiger partial charge in [0, 0.05) is 0 Å². The van der Waals surface area contributed by atoms with Crippen molar-refractivity contribution < 1.29 is 73.5 Å². The molecule has 1 aliphatic heterocycles. The number of fused-ring (bicyclic) bond motifs is 5. The summed E-state index contributed by atoms with van der Waals surface area (Å²) in [5.74, 6) is 0. The third kappa shape index (κ3) is 15.3. The Morgan fingerprint density at radius 2 is 0.868 bits per heavy atom. The van der Waals surface area contributed by atoms with Crippen LogP contribution in [0.1, 0.15) is 111 Å². The van der Waals surface area contributed by atoms with E-state index in [9.17, 15) is 52.7 Å². The molecule has 8 aromatic rings. The first-order valence-electron chi connectivity index (χ1n) is 24.8. The summed E-state index contributed by atoms with van der Waals surface area (Å²) in [6.07, 6.45) is -11.3. The van der Waals surface area contributed by atoms with E-state index in [1.807, 2.05) is 68.4 Å². The summed E-state index contributed by atoms with van der Waals surface area (Å²) in [4.78, 5) is 0. The van der Waals surface area contributed by atoms with Crippen molar-refractivity contribution in [1.82, 2.24) is 0 Å². The van der Waals surface area contributed by atoms with Crippen LogP contribution < -0.4 is 10.4 Å². The molecule has 0 aromatic heterocycles. The number of alkyl halides is 12. The minimum absolute atomic E-state index is 0.0427. The molecule has 9 rings (SSSR count). The van der Waals surface area contributed by atoms with Gasteiger partial charge in [-0.3, -0.25) is 0 Å². The van der Waals surface area contributed by atoms with Crippen molar-refractivity contribution in [2.24, 2.45) is 0 Å². The van der Waals surface area contributed by atoms with E-state index in [4.69, 9.17) is 17.0 Å². The summed E-state index contributed by atoms with van der Waals surface area (Å²) in [5, 5.41) is 5.91. The third-order valence-electron chi connectivity index (χ3n) is 12.8. The quantitative estimate of drug-likeness (QED) is 0.0650. The van der Waals surface area contributed by atoms with E-state index in [2.05, 4.69) is 56.3 Å². The van der Waals surface area contributed by atoms with Gasteiger partial charge in [0.15, 0.2) is 0 Å². The molecule has 0 atom stereocenters. The molecule has 0 aliphatic carbocycles. The van der Waals surface area contributed by atoms with Crippen LogP contribution in [0.25, 0.3) is 54.9 Å². The SMILES string of the molecule is CCCCc1cc2c(-c3cc(C(F)(F)F)cc(C(F)(F)F)c3)c(CCC)ccc2[cH-]1.CCCCc1cc2c(-c3cc(C(F)(F)F)cc(C(F)(F)F)c3)c(CCC)ccc2[cH-]1.[Cl][Zr][Cl].[c-]1cccc2c1[Si]c1ccccc1-2. The predicted molar refractivity (Wildman–Crippen MR) is 283 cm³/mol. The monoisotopic (exact) mass is 1190 g/mol. The summed E-state index contributed by atoms with van der Waals surface area (Å²) >= 11 is -0.826. The predicted octanol–water partition coefficient (Wildman–Crippen LogP) is 19.6. The zero-order valence-electron chi connectivity index (χ0n) is 42.0. The van der Waals surface area contributed by atoms with Gasteiger partial charge in [0.05, 0.1) is 31.8 Å². The van der Waals surface area contributed by atoms with Crippen LogP contribution in [-0.4, -0.2) is 9.52 Å². The van der Waals surface area contributed by atoms with Crippen LogP contribution in [0.2, 0.25) is 0 Å². The number of rotatable bonds is 12. The zero-order chi connectivity index (χ0) is 55.6. The summed E-state index contributed by atoms with van der Waals surface area (Å²) < 4.78 is 161. The first-order valence-corrected chi connectivity index (χ1v) is 32.1. The minimum Gasteiger partial charge on any atom is -0.184 e. The van der Waals surface area contributed by atoms with Crippen LogP contribution in [0.4, 0.5) is 52.7 Å². The Labute approximate surface area is 457 Å². The maximum Gasteiger partial charge on any atom is 0.0920 e. The summed E-state index contributed by atoms with van der Waals surface area (Å²) in [5.41, 5.74) is 2.07. The molecule has 0 amide bonds. The van der Waals surface area contributed by atoms with Crippen molar-refractivity contribution in [1.29, 1.82) is 0 Å². The van der Waals surface area contributed by atoms with Gasteiger partial charge in [0.1, 0.15) is 0 Å². The van der Waals surface area contributed by atoms with Crippen molar-refractivity contribution >= 4 is 58.5 Å². The smallest absolute Gasteiger partial charge is 0.0920 e. The van der Waals surface area contributed by atoms with Crippen molar-refractivity contribution in [3.05, 3.63) is 178 Å². The van der Waals surface area contributed by atoms with E-state index < -0.39 is 67.8 Å². The van der Waals surface area contributed by atoms with Gasteiger partial charge in [-0.05, 0) is 73.2 Å². The Balaban J connectivity index is 0.000000192. The summed E-state index contributed by atoms with van der Waals surface area (Å²) in [6, 6.07) is 37.1. The molecule has 0 saturated carbocycles. The van der Waals surface area contributed by atoms with Crippen LogP contribution in [0.3, 0.4) is 0 Å². The number of unbranched alkanes of at least 4 members (excludes halogenated alkanes) is 2. The number of hydrogen-bond donors (Lipinski definition) is 0. The Morgan fingerprint density at radius 1 is 0.474 bits per heavy atom. The molecule has 0 nitrogen and oxygen atoms in total. The maximum absolute atomic E-state index is 13.4. The molecule has 2 radical (unpaired) electrons. The van der Waals surface area contributed by atoms with Gasteiger partial charge in [-0.15, -0.1) is 74.6 Å². The normalized spacial score (nSPS) is 12.3. The van der Waals surface area contributed by atoms with Gasteiger partial charge in [-0.2, -0.15) is 94.3 Å². The second kappa shape index (κ2) is 26.4. The number of halogens is 14. The van der Waals surface area contributed by atoms with Crippen molar-refractivity contribution in [2.75, 3.05) is 0 Å². The van der Waals surface area contributed by atoms with Crippen molar-refractivity contribution in [3.63, 3.8) is 0 Å². The van der Waals surface area contributed by atoms with Gasteiger partial charge < -0.3 is 0 Å². The molecule has 402 valence electrons. The molecule has 0 bridgehead atoms. The van der Waals surface area contributed by atoms with Crippen LogP contribution in [0, 0.1) is 6.07 Å². The first kappa shape index (κ1) is 60.6. The van der Waals surface area contributed by atoms with Crippen molar-refractivity contribution in [3.8, 4) is 33.4 Å². The fourth-order valence-corrected chi connectivity index (χ4v) is 10.7. The molecule has 76 heavy (non-hydrogen) atoms. The van der Waals surface area contributed by atoms with Gasteiger partial charge >= 0.3 is 62.6 Å². The molecule has 0 N–H and O–H groups in total. The summed E-state index contributed by atoms with van der Waals surface area (Å²) in [6.45, 7) is 7.99. The molecule has 1 aliphatic rings. The fourth-order valence-electron chi connectivity index (χ4n) is 9.39. The van der Waals surface area contributed by atoms with Gasteiger partial charge in [-0.1, -0.05) is 123 Å². The Morgan fingerprint density at radius 3 is 1.25 bits per heavy atom. The molecule has 0 unspecified atom stereocenters. The van der Waals surface area contributed by atoms with E-state index in [0.29, 0.717) is 34.7 Å². The molecule has 16 heteroatoms. The van der Waals surface area contributed by atoms with E-state index in [1.165, 1.54) is 21.5 Å². The van der Waals surface area contributed by atoms with Crippen molar-refractivity contribution in [2.45, 2.75) is 117 Å². The van der Waals surface area contributed by atoms with E-state index in [-0.39, 0.29) is 23.3 Å². The Bertz CT molecular complexity index is 2920. The number of hydrogen-bond acceptors (Lipinski definition) is 0. The molecule has 0 saturated heterocycles. The summed E-state index contributed by atoms with van der Waals surface area (Å²) in [7, 11) is 10.7. The molecular formula is C60H53Cl2F12SiZr-3. The van der Waals surface area contributed by atoms with E-state index >= 15 is 0 Å². The number of aryl methyl sites for hydroxylation is 4. The zero-order valence-corrected chi connectivity index (χ0v) is 47.0. The average Bonchev–Trinajstić information content (AvgIpc) is 4.10. The first-order chi connectivity index (χ1) is 35.9. The fraction of sp³-hybridized carbons (Fsp3) is 0.300. The standard InChI is InChI=1S/2C24H23F6.C12H7Si.2ClH.Zr/c2*1-3-5-7-15-10-17-9-8-16(6-4-2)22(21(17)11-15)18-12-19(23(25,26)27)14-20(13-18)24(28,29)30;1-3-7-11-9(5-1)10-6-2-4-8-12(10)13-11;;;/h2*8-14H,3-7H2,1-2H3;1-7H;2*1H;/q3*-1;;;+2/p-2. The largest absolute Gasteiger partial charge is 0.184 e. The van der Waals surface area contributed by atoms with Gasteiger partial charge in [0.2, 0.25) is 0 Å². The van der Waals surface area contributed by atoms with E-state index in [1.54, 1.807) is 0 Å². The number of benzene rings is 6. The molecular weight excluding hydrogens is 1140 g/mol. The molecule has 0 fully saturated rings.